The molecule has 2 aliphatic rings. The van der Waals surface area contributed by atoms with Crippen molar-refractivity contribution in [2.75, 3.05) is 25.0 Å². The molecular weight excluding hydrogens is 310 g/mol. The van der Waals surface area contributed by atoms with Gasteiger partial charge in [-0.25, -0.2) is 5.43 Å². The Morgan fingerprint density at radius 2 is 1.81 bits per heavy atom. The molecule has 1 atom stereocenters. The van der Waals surface area contributed by atoms with Crippen LogP contribution in [0, 0.1) is 5.41 Å². The molecule has 1 aromatic rings. The first-order chi connectivity index (χ1) is 9.94. The summed E-state index contributed by atoms with van der Waals surface area (Å²) in [6, 6.07) is 7.52. The molecule has 2 aliphatic heterocycles. The lowest BCUT2D eigenvalue weighted by atomic mass is 9.79. The Morgan fingerprint density at radius 1 is 1.19 bits per heavy atom. The van der Waals surface area contributed by atoms with Gasteiger partial charge in [0, 0.05) is 5.02 Å². The number of halogens is 1. The van der Waals surface area contributed by atoms with Crippen LogP contribution < -0.4 is 15.8 Å². The van der Waals surface area contributed by atoms with Gasteiger partial charge in [0.25, 0.3) is 0 Å². The maximum absolute atomic E-state index is 5.93. The van der Waals surface area contributed by atoms with E-state index in [0.29, 0.717) is 30.1 Å². The first kappa shape index (κ1) is 15.0. The summed E-state index contributed by atoms with van der Waals surface area (Å²) < 4.78 is 10.9. The maximum atomic E-state index is 5.93. The van der Waals surface area contributed by atoms with Crippen LogP contribution in [-0.4, -0.2) is 30.8 Å². The Balaban J connectivity index is 1.84. The molecule has 0 radical (unpaired) electrons. The lowest BCUT2D eigenvalue weighted by Gasteiger charge is -2.45. The van der Waals surface area contributed by atoms with Gasteiger partial charge in [0.2, 0.25) is 0 Å². The molecule has 3 rings (SSSR count). The Bertz CT molecular complexity index is 548. The Hall–Kier alpha value is -0.920. The molecule has 2 heterocycles. The molecule has 1 unspecified atom stereocenters. The topological polar surface area (TPSA) is 45.8 Å². The fraction of sp³-hybridized carbons (Fsp3) is 0.500. The summed E-state index contributed by atoms with van der Waals surface area (Å²) in [5.41, 5.74) is 3.68. The Labute approximate surface area is 134 Å². The van der Waals surface area contributed by atoms with E-state index in [1.54, 1.807) is 0 Å². The molecule has 0 amide bonds. The molecule has 7 heteroatoms. The number of anilines is 1. The molecule has 0 aliphatic carbocycles. The van der Waals surface area contributed by atoms with Crippen LogP contribution >= 0.6 is 23.8 Å². The number of rotatable bonds is 2. The minimum absolute atomic E-state index is 0.240. The van der Waals surface area contributed by atoms with Crippen LogP contribution in [0.1, 0.15) is 13.8 Å². The molecule has 114 valence electrons. The zero-order valence-corrected chi connectivity index (χ0v) is 13.6. The van der Waals surface area contributed by atoms with Crippen LogP contribution in [0.3, 0.4) is 0 Å². The number of thiocarbonyl (C=S) groups is 1. The first-order valence-electron chi connectivity index (χ1n) is 6.75. The predicted molar refractivity (Wildman–Crippen MR) is 86.1 cm³/mol. The van der Waals surface area contributed by atoms with Gasteiger partial charge in [-0.2, -0.15) is 0 Å². The van der Waals surface area contributed by atoms with E-state index in [9.17, 15) is 0 Å². The van der Waals surface area contributed by atoms with Gasteiger partial charge in [-0.05, 0) is 43.4 Å². The second-order valence-corrected chi connectivity index (χ2v) is 6.68. The number of benzene rings is 1. The van der Waals surface area contributed by atoms with E-state index < -0.39 is 5.66 Å². The quantitative estimate of drug-likeness (QED) is 0.813. The van der Waals surface area contributed by atoms with Crippen LogP contribution in [0.25, 0.3) is 0 Å². The van der Waals surface area contributed by atoms with Crippen molar-refractivity contribution in [2.45, 2.75) is 19.5 Å². The van der Waals surface area contributed by atoms with Crippen LogP contribution in [0.5, 0.6) is 0 Å². The number of nitrogens with zero attached hydrogens (tertiary/aromatic N) is 1. The van der Waals surface area contributed by atoms with E-state index in [-0.39, 0.29) is 5.41 Å². The highest BCUT2D eigenvalue weighted by Gasteiger charge is 2.52. The fourth-order valence-corrected chi connectivity index (χ4v) is 3.03. The average Bonchev–Trinajstić information content (AvgIpc) is 2.78. The smallest absolute Gasteiger partial charge is 0.189 e. The summed E-state index contributed by atoms with van der Waals surface area (Å²) in [6.07, 6.45) is 0. The van der Waals surface area contributed by atoms with E-state index in [1.807, 2.05) is 29.3 Å². The number of hydrogen-bond acceptors (Lipinski definition) is 4. The van der Waals surface area contributed by atoms with E-state index in [1.165, 1.54) is 0 Å². The highest BCUT2D eigenvalue weighted by Crippen LogP contribution is 2.36. The summed E-state index contributed by atoms with van der Waals surface area (Å²) in [5, 5.41) is 6.52. The monoisotopic (exact) mass is 327 g/mol. The normalized spacial score (nSPS) is 28.5. The van der Waals surface area contributed by atoms with Crippen LogP contribution in [0.4, 0.5) is 5.69 Å². The molecule has 0 spiro atoms. The van der Waals surface area contributed by atoms with Crippen molar-refractivity contribution in [2.24, 2.45) is 5.41 Å². The zero-order chi connectivity index (χ0) is 15.1. The van der Waals surface area contributed by atoms with Gasteiger partial charge in [0.1, 0.15) is 12.5 Å². The van der Waals surface area contributed by atoms with Gasteiger partial charge in [-0.15, -0.1) is 0 Å². The molecule has 2 N–H and O–H groups in total. The van der Waals surface area contributed by atoms with Crippen molar-refractivity contribution in [1.29, 1.82) is 0 Å². The van der Waals surface area contributed by atoms with Crippen molar-refractivity contribution in [1.82, 2.24) is 10.7 Å². The van der Waals surface area contributed by atoms with Crippen molar-refractivity contribution in [3.63, 3.8) is 0 Å². The number of hydrogen-bond donors (Lipinski definition) is 2. The second-order valence-electron chi connectivity index (χ2n) is 5.85. The van der Waals surface area contributed by atoms with E-state index in [2.05, 4.69) is 24.6 Å². The largest absolute Gasteiger partial charge is 0.355 e. The summed E-state index contributed by atoms with van der Waals surface area (Å²) >= 11 is 11.4. The third-order valence-electron chi connectivity index (χ3n) is 4.20. The minimum atomic E-state index is -0.454. The lowest BCUT2D eigenvalue weighted by Crippen LogP contribution is -2.64. The number of nitrogens with one attached hydrogen (secondary N) is 2. The van der Waals surface area contributed by atoms with Crippen molar-refractivity contribution in [3.8, 4) is 0 Å². The standard InChI is InChI=1S/C14H18ClN3O2S/c1-13(7-19-9-20-8-13)14(2)16-12(21)18(17-14)11-5-3-10(15)4-6-11/h3-6,17H,7-9H2,1-2H3,(H,16,21). The lowest BCUT2D eigenvalue weighted by molar-refractivity contribution is -0.182. The second kappa shape index (κ2) is 5.37. The van der Waals surface area contributed by atoms with Crippen LogP contribution in [0.15, 0.2) is 24.3 Å². The third-order valence-corrected chi connectivity index (χ3v) is 4.73. The molecule has 0 aromatic heterocycles. The number of ether oxygens (including phenoxy) is 2. The highest BCUT2D eigenvalue weighted by molar-refractivity contribution is 7.80. The highest BCUT2D eigenvalue weighted by atomic mass is 35.5. The molecule has 5 nitrogen and oxygen atoms in total. The predicted octanol–water partition coefficient (Wildman–Crippen LogP) is 2.27. The number of hydrazine groups is 1. The molecule has 1 aromatic carbocycles. The summed E-state index contributed by atoms with van der Waals surface area (Å²) in [5.74, 6) is 0. The summed E-state index contributed by atoms with van der Waals surface area (Å²) in [4.78, 5) is 0. The van der Waals surface area contributed by atoms with Gasteiger partial charge < -0.3 is 14.8 Å². The van der Waals surface area contributed by atoms with Crippen LogP contribution in [-0.2, 0) is 9.47 Å². The van der Waals surface area contributed by atoms with Gasteiger partial charge in [0.15, 0.2) is 5.11 Å². The van der Waals surface area contributed by atoms with Gasteiger partial charge in [-0.3, -0.25) is 5.01 Å². The van der Waals surface area contributed by atoms with Gasteiger partial charge in [0.05, 0.1) is 24.3 Å². The Morgan fingerprint density at radius 3 is 2.43 bits per heavy atom. The van der Waals surface area contributed by atoms with Crippen molar-refractivity contribution < 1.29 is 9.47 Å². The van der Waals surface area contributed by atoms with Crippen LogP contribution in [0.2, 0.25) is 5.02 Å². The molecule has 2 saturated heterocycles. The van der Waals surface area contributed by atoms with E-state index >= 15 is 0 Å². The SMILES string of the molecule is CC1(C2(C)NC(=S)N(c3ccc(Cl)cc3)N2)COCOC1. The van der Waals surface area contributed by atoms with E-state index in [0.717, 1.165) is 5.69 Å². The van der Waals surface area contributed by atoms with E-state index in [4.69, 9.17) is 33.3 Å². The summed E-state index contributed by atoms with van der Waals surface area (Å²) in [7, 11) is 0. The molecule has 21 heavy (non-hydrogen) atoms. The minimum Gasteiger partial charge on any atom is -0.355 e. The molecule has 0 bridgehead atoms. The maximum Gasteiger partial charge on any atom is 0.189 e. The first-order valence-corrected chi connectivity index (χ1v) is 7.53. The van der Waals surface area contributed by atoms with Crippen molar-refractivity contribution in [3.05, 3.63) is 29.3 Å². The molecular formula is C14H18ClN3O2S. The van der Waals surface area contributed by atoms with Gasteiger partial charge in [-0.1, -0.05) is 18.5 Å². The average molecular weight is 328 g/mol. The fourth-order valence-electron chi connectivity index (χ4n) is 2.55. The molecule has 0 saturated carbocycles. The molecule has 2 fully saturated rings. The zero-order valence-electron chi connectivity index (χ0n) is 12.0. The van der Waals surface area contributed by atoms with Gasteiger partial charge >= 0.3 is 0 Å². The Kier molecular flexibility index (Phi) is 3.83. The van der Waals surface area contributed by atoms with Crippen molar-refractivity contribution >= 4 is 34.6 Å². The summed E-state index contributed by atoms with van der Waals surface area (Å²) in [6.45, 7) is 5.71. The third kappa shape index (κ3) is 2.62.